The van der Waals surface area contributed by atoms with Crippen LogP contribution in [-0.2, 0) is 6.54 Å². The number of nitrogens with one attached hydrogen (secondary N) is 2. The van der Waals surface area contributed by atoms with Crippen molar-refractivity contribution in [3.05, 3.63) is 106 Å². The van der Waals surface area contributed by atoms with E-state index >= 15 is 0 Å². The minimum Gasteiger partial charge on any atom is -0.338 e. The number of rotatable bonds is 7. The van der Waals surface area contributed by atoms with E-state index in [9.17, 15) is 4.79 Å². The molecule has 0 spiro atoms. The summed E-state index contributed by atoms with van der Waals surface area (Å²) in [7, 11) is 0. The number of urea groups is 1. The van der Waals surface area contributed by atoms with Gasteiger partial charge in [-0.2, -0.15) is 0 Å². The Balaban J connectivity index is 1.54. The molecule has 3 nitrogen and oxygen atoms in total. The SMILES string of the molecule is O=C(NCCC(c1ccccc1)c1ccccc1)NCc1ccc(Cl)cc1Cl. The van der Waals surface area contributed by atoms with Gasteiger partial charge in [0.2, 0.25) is 0 Å². The molecule has 0 atom stereocenters. The van der Waals surface area contributed by atoms with Gasteiger partial charge in [0.05, 0.1) is 0 Å². The van der Waals surface area contributed by atoms with Crippen LogP contribution in [0, 0.1) is 0 Å². The van der Waals surface area contributed by atoms with E-state index < -0.39 is 0 Å². The molecule has 0 heterocycles. The first-order valence-electron chi connectivity index (χ1n) is 9.19. The first kappa shape index (κ1) is 20.2. The molecule has 0 radical (unpaired) electrons. The van der Waals surface area contributed by atoms with Crippen molar-refractivity contribution < 1.29 is 4.79 Å². The third kappa shape index (κ3) is 5.75. The second kappa shape index (κ2) is 10.2. The van der Waals surface area contributed by atoms with Gasteiger partial charge in [0.1, 0.15) is 0 Å². The smallest absolute Gasteiger partial charge is 0.315 e. The topological polar surface area (TPSA) is 41.1 Å². The van der Waals surface area contributed by atoms with Gasteiger partial charge in [0, 0.05) is 29.1 Å². The molecule has 2 N–H and O–H groups in total. The van der Waals surface area contributed by atoms with E-state index in [4.69, 9.17) is 23.2 Å². The van der Waals surface area contributed by atoms with E-state index in [1.165, 1.54) is 11.1 Å². The van der Waals surface area contributed by atoms with Gasteiger partial charge in [-0.1, -0.05) is 89.9 Å². The van der Waals surface area contributed by atoms with E-state index in [1.807, 2.05) is 42.5 Å². The van der Waals surface area contributed by atoms with Crippen molar-refractivity contribution in [1.82, 2.24) is 10.6 Å². The summed E-state index contributed by atoms with van der Waals surface area (Å²) < 4.78 is 0. The summed E-state index contributed by atoms with van der Waals surface area (Å²) in [5, 5.41) is 6.89. The number of carbonyl (C=O) groups is 1. The first-order chi connectivity index (χ1) is 13.6. The Morgan fingerprint density at radius 2 is 1.43 bits per heavy atom. The van der Waals surface area contributed by atoms with Gasteiger partial charge < -0.3 is 10.6 Å². The number of amides is 2. The van der Waals surface area contributed by atoms with Crippen molar-refractivity contribution in [1.29, 1.82) is 0 Å². The molecule has 0 unspecified atom stereocenters. The van der Waals surface area contributed by atoms with Gasteiger partial charge in [0.25, 0.3) is 0 Å². The molecule has 0 bridgehead atoms. The first-order valence-corrected chi connectivity index (χ1v) is 9.94. The van der Waals surface area contributed by atoms with Crippen molar-refractivity contribution >= 4 is 29.2 Å². The van der Waals surface area contributed by atoms with Crippen LogP contribution in [0.1, 0.15) is 29.0 Å². The Kier molecular flexibility index (Phi) is 7.35. The zero-order valence-corrected chi connectivity index (χ0v) is 16.9. The summed E-state index contributed by atoms with van der Waals surface area (Å²) in [6, 6.07) is 25.7. The summed E-state index contributed by atoms with van der Waals surface area (Å²) >= 11 is 12.0. The van der Waals surface area contributed by atoms with Crippen LogP contribution in [0.5, 0.6) is 0 Å². The van der Waals surface area contributed by atoms with Crippen molar-refractivity contribution in [2.45, 2.75) is 18.9 Å². The quantitative estimate of drug-likeness (QED) is 0.489. The van der Waals surface area contributed by atoms with Gasteiger partial charge in [0.15, 0.2) is 0 Å². The van der Waals surface area contributed by atoms with Crippen LogP contribution in [-0.4, -0.2) is 12.6 Å². The number of halogens is 2. The average molecular weight is 413 g/mol. The summed E-state index contributed by atoms with van der Waals surface area (Å²) in [4.78, 5) is 12.2. The van der Waals surface area contributed by atoms with E-state index in [2.05, 4.69) is 34.9 Å². The Labute approximate surface area is 175 Å². The maximum Gasteiger partial charge on any atom is 0.315 e. The van der Waals surface area contributed by atoms with Crippen LogP contribution in [0.2, 0.25) is 10.0 Å². The highest BCUT2D eigenvalue weighted by atomic mass is 35.5. The normalized spacial score (nSPS) is 10.7. The van der Waals surface area contributed by atoms with Gasteiger partial charge in [-0.15, -0.1) is 0 Å². The molecule has 144 valence electrons. The molecular formula is C23H22Cl2N2O. The third-order valence-electron chi connectivity index (χ3n) is 4.58. The molecule has 0 fully saturated rings. The molecule has 3 aromatic carbocycles. The van der Waals surface area contributed by atoms with Crippen LogP contribution in [0.15, 0.2) is 78.9 Å². The summed E-state index contributed by atoms with van der Waals surface area (Å²) in [5.41, 5.74) is 3.31. The van der Waals surface area contributed by atoms with Gasteiger partial charge in [-0.25, -0.2) is 4.79 Å². The van der Waals surface area contributed by atoms with Crippen LogP contribution in [0.4, 0.5) is 4.79 Å². The maximum absolute atomic E-state index is 12.2. The van der Waals surface area contributed by atoms with Crippen LogP contribution < -0.4 is 10.6 Å². The van der Waals surface area contributed by atoms with E-state index in [-0.39, 0.29) is 11.9 Å². The fraction of sp³-hybridized carbons (Fsp3) is 0.174. The number of benzene rings is 3. The molecule has 0 aliphatic heterocycles. The van der Waals surface area contributed by atoms with E-state index in [0.29, 0.717) is 23.1 Å². The molecule has 0 aromatic heterocycles. The lowest BCUT2D eigenvalue weighted by atomic mass is 9.88. The van der Waals surface area contributed by atoms with Gasteiger partial charge in [-0.3, -0.25) is 0 Å². The minimum atomic E-state index is -0.217. The second-order valence-corrected chi connectivity index (χ2v) is 7.35. The van der Waals surface area contributed by atoms with E-state index in [0.717, 1.165) is 12.0 Å². The van der Waals surface area contributed by atoms with Crippen molar-refractivity contribution in [3.63, 3.8) is 0 Å². The lowest BCUT2D eigenvalue weighted by Gasteiger charge is -2.18. The zero-order chi connectivity index (χ0) is 19.8. The highest BCUT2D eigenvalue weighted by molar-refractivity contribution is 6.35. The molecule has 0 aliphatic rings. The summed E-state index contributed by atoms with van der Waals surface area (Å²) in [6.07, 6.45) is 0.809. The van der Waals surface area contributed by atoms with Crippen LogP contribution >= 0.6 is 23.2 Å². The molecule has 28 heavy (non-hydrogen) atoms. The molecule has 3 aromatic rings. The predicted molar refractivity (Wildman–Crippen MR) is 116 cm³/mol. The average Bonchev–Trinajstić information content (AvgIpc) is 2.72. The molecule has 2 amide bonds. The Hall–Kier alpha value is -2.49. The Bertz CT molecular complexity index is 861. The standard InChI is InChI=1S/C23H22Cl2N2O/c24-20-12-11-19(22(25)15-20)16-27-23(28)26-14-13-21(17-7-3-1-4-8-17)18-9-5-2-6-10-18/h1-12,15,21H,13-14,16H2,(H2,26,27,28). The van der Waals surface area contributed by atoms with Crippen molar-refractivity contribution in [2.24, 2.45) is 0 Å². The van der Waals surface area contributed by atoms with Crippen molar-refractivity contribution in [2.75, 3.05) is 6.54 Å². The lowest BCUT2D eigenvalue weighted by molar-refractivity contribution is 0.240. The maximum atomic E-state index is 12.2. The monoisotopic (exact) mass is 412 g/mol. The zero-order valence-electron chi connectivity index (χ0n) is 15.4. The molecule has 0 saturated carbocycles. The molecular weight excluding hydrogens is 391 g/mol. The predicted octanol–water partition coefficient (Wildman–Crippen LogP) is 6.01. The minimum absolute atomic E-state index is 0.217. The number of carbonyl (C=O) groups excluding carboxylic acids is 1. The van der Waals surface area contributed by atoms with Gasteiger partial charge >= 0.3 is 6.03 Å². The molecule has 0 saturated heterocycles. The number of hydrogen-bond donors (Lipinski definition) is 2. The molecule has 5 heteroatoms. The largest absolute Gasteiger partial charge is 0.338 e. The highest BCUT2D eigenvalue weighted by Gasteiger charge is 2.14. The third-order valence-corrected chi connectivity index (χ3v) is 5.16. The fourth-order valence-electron chi connectivity index (χ4n) is 3.13. The summed E-state index contributed by atoms with van der Waals surface area (Å²) in [5.74, 6) is 0.230. The fourth-order valence-corrected chi connectivity index (χ4v) is 3.60. The molecule has 3 rings (SSSR count). The van der Waals surface area contributed by atoms with Crippen molar-refractivity contribution in [3.8, 4) is 0 Å². The Morgan fingerprint density at radius 1 is 0.821 bits per heavy atom. The number of hydrogen-bond acceptors (Lipinski definition) is 1. The lowest BCUT2D eigenvalue weighted by Crippen LogP contribution is -2.36. The summed E-state index contributed by atoms with van der Waals surface area (Å²) in [6.45, 7) is 0.914. The molecule has 0 aliphatic carbocycles. The van der Waals surface area contributed by atoms with Gasteiger partial charge in [-0.05, 0) is 35.2 Å². The van der Waals surface area contributed by atoms with E-state index in [1.54, 1.807) is 12.1 Å². The van der Waals surface area contributed by atoms with Crippen LogP contribution in [0.25, 0.3) is 0 Å². The Morgan fingerprint density at radius 3 is 2.00 bits per heavy atom. The van der Waals surface area contributed by atoms with Crippen LogP contribution in [0.3, 0.4) is 0 Å². The highest BCUT2D eigenvalue weighted by Crippen LogP contribution is 2.27. The second-order valence-electron chi connectivity index (χ2n) is 6.51.